The zero-order valence-corrected chi connectivity index (χ0v) is 20.3. The molecule has 0 bridgehead atoms. The third-order valence-electron chi connectivity index (χ3n) is 5.68. The molecule has 0 aliphatic carbocycles. The zero-order chi connectivity index (χ0) is 24.6. The van der Waals surface area contributed by atoms with Crippen LogP contribution in [-0.2, 0) is 11.3 Å². The molecule has 1 fully saturated rings. The number of benzene rings is 1. The van der Waals surface area contributed by atoms with Gasteiger partial charge in [-0.1, -0.05) is 12.1 Å². The van der Waals surface area contributed by atoms with Gasteiger partial charge in [-0.3, -0.25) is 4.99 Å². The van der Waals surface area contributed by atoms with Gasteiger partial charge in [0.2, 0.25) is 0 Å². The number of anilines is 1. The highest BCUT2D eigenvalue weighted by Crippen LogP contribution is 2.25. The van der Waals surface area contributed by atoms with Gasteiger partial charge in [-0.15, -0.1) is 0 Å². The minimum atomic E-state index is -0.249. The Bertz CT molecular complexity index is 1180. The van der Waals surface area contributed by atoms with Gasteiger partial charge in [0.05, 0.1) is 42.7 Å². The first-order chi connectivity index (χ1) is 17.0. The molecule has 4 rings (SSSR count). The SMILES string of the molecule is CN(C)CCCN=CC(CN)=Nc1ncc2cnn(Cc3cccc(N4CCOCC4)c3F)c2n1. The Hall–Kier alpha value is -3.28. The standard InChI is InChI=1S/C24H32FN9O/c1-32(2)8-4-7-27-16-20(13-26)30-24-28-14-19-15-29-34(23(19)31-24)17-18-5-3-6-21(22(18)25)33-9-11-35-12-10-33/h3,5-6,14-16H,4,7-13,17,26H2,1-2H3. The Kier molecular flexibility index (Phi) is 8.45. The number of halogens is 1. The molecule has 0 amide bonds. The molecule has 10 nitrogen and oxygen atoms in total. The van der Waals surface area contributed by atoms with Gasteiger partial charge >= 0.3 is 0 Å². The third-order valence-corrected chi connectivity index (χ3v) is 5.68. The number of nitrogens with zero attached hydrogens (tertiary/aromatic N) is 8. The highest BCUT2D eigenvalue weighted by atomic mass is 19.1. The summed E-state index contributed by atoms with van der Waals surface area (Å²) in [6.07, 6.45) is 5.95. The lowest BCUT2D eigenvalue weighted by molar-refractivity contribution is 0.122. The molecule has 1 saturated heterocycles. The average Bonchev–Trinajstić information content (AvgIpc) is 3.26. The van der Waals surface area contributed by atoms with Crippen molar-refractivity contribution < 1.29 is 9.13 Å². The van der Waals surface area contributed by atoms with E-state index < -0.39 is 0 Å². The molecular formula is C24H32FN9O. The number of nitrogens with two attached hydrogens (primary N) is 1. The van der Waals surface area contributed by atoms with E-state index in [1.54, 1.807) is 35.4 Å². The molecule has 186 valence electrons. The van der Waals surface area contributed by atoms with Crippen LogP contribution < -0.4 is 10.6 Å². The Morgan fingerprint density at radius 1 is 1.26 bits per heavy atom. The van der Waals surface area contributed by atoms with E-state index >= 15 is 4.39 Å². The van der Waals surface area contributed by atoms with E-state index in [-0.39, 0.29) is 24.9 Å². The second-order valence-corrected chi connectivity index (χ2v) is 8.60. The normalized spacial score (nSPS) is 15.1. The molecule has 0 saturated carbocycles. The lowest BCUT2D eigenvalue weighted by Crippen LogP contribution is -2.36. The predicted octanol–water partition coefficient (Wildman–Crippen LogP) is 1.90. The minimum Gasteiger partial charge on any atom is -0.378 e. The number of ether oxygens (including phenoxy) is 1. The Morgan fingerprint density at radius 2 is 2.09 bits per heavy atom. The minimum absolute atomic E-state index is 0.220. The molecule has 0 spiro atoms. The van der Waals surface area contributed by atoms with Gasteiger partial charge in [0, 0.05) is 44.2 Å². The number of hydrogen-bond donors (Lipinski definition) is 1. The van der Waals surface area contributed by atoms with E-state index in [9.17, 15) is 0 Å². The number of morpholine rings is 1. The molecule has 3 heterocycles. The first-order valence-corrected chi connectivity index (χ1v) is 11.8. The van der Waals surface area contributed by atoms with Crippen molar-refractivity contribution in [3.05, 3.63) is 42.0 Å². The second-order valence-electron chi connectivity index (χ2n) is 8.60. The maximum atomic E-state index is 15.4. The van der Waals surface area contributed by atoms with E-state index in [1.807, 2.05) is 25.1 Å². The van der Waals surface area contributed by atoms with Crippen LogP contribution in [0.3, 0.4) is 0 Å². The van der Waals surface area contributed by atoms with Crippen molar-refractivity contribution in [2.75, 3.05) is 64.9 Å². The van der Waals surface area contributed by atoms with E-state index in [2.05, 4.69) is 30.0 Å². The number of hydrogen-bond acceptors (Lipinski definition) is 9. The summed E-state index contributed by atoms with van der Waals surface area (Å²) in [5.74, 6) is 0.0169. The molecule has 0 unspecified atom stereocenters. The van der Waals surface area contributed by atoms with Gasteiger partial charge in [0.1, 0.15) is 0 Å². The van der Waals surface area contributed by atoms with Crippen molar-refractivity contribution in [3.8, 4) is 0 Å². The fourth-order valence-corrected chi connectivity index (χ4v) is 3.83. The van der Waals surface area contributed by atoms with Crippen LogP contribution in [0, 0.1) is 5.82 Å². The van der Waals surface area contributed by atoms with E-state index in [0.717, 1.165) is 18.4 Å². The van der Waals surface area contributed by atoms with Gasteiger partial charge in [-0.25, -0.2) is 19.0 Å². The molecule has 1 aliphatic heterocycles. The predicted molar refractivity (Wildman–Crippen MR) is 137 cm³/mol. The summed E-state index contributed by atoms with van der Waals surface area (Å²) in [5, 5.41) is 5.16. The first-order valence-electron chi connectivity index (χ1n) is 11.8. The van der Waals surface area contributed by atoms with Crippen LogP contribution in [0.5, 0.6) is 0 Å². The van der Waals surface area contributed by atoms with Gasteiger partial charge in [-0.2, -0.15) is 10.1 Å². The van der Waals surface area contributed by atoms with Crippen LogP contribution in [0.2, 0.25) is 0 Å². The number of rotatable bonds is 10. The molecule has 2 aromatic heterocycles. The van der Waals surface area contributed by atoms with E-state index in [4.69, 9.17) is 10.5 Å². The monoisotopic (exact) mass is 481 g/mol. The van der Waals surface area contributed by atoms with Crippen molar-refractivity contribution in [3.63, 3.8) is 0 Å². The van der Waals surface area contributed by atoms with E-state index in [1.165, 1.54) is 0 Å². The molecule has 0 radical (unpaired) electrons. The largest absolute Gasteiger partial charge is 0.378 e. The van der Waals surface area contributed by atoms with Crippen molar-refractivity contribution >= 4 is 34.6 Å². The fourth-order valence-electron chi connectivity index (χ4n) is 3.83. The summed E-state index contributed by atoms with van der Waals surface area (Å²) < 4.78 is 22.4. The number of aliphatic imine (C=N–C) groups is 2. The highest BCUT2D eigenvalue weighted by Gasteiger charge is 2.18. The Labute approximate surface area is 204 Å². The molecule has 35 heavy (non-hydrogen) atoms. The highest BCUT2D eigenvalue weighted by molar-refractivity contribution is 6.32. The maximum absolute atomic E-state index is 15.4. The molecular weight excluding hydrogens is 449 g/mol. The summed E-state index contributed by atoms with van der Waals surface area (Å²) in [5.41, 5.74) is 8.13. The second kappa shape index (κ2) is 11.9. The molecule has 1 aliphatic rings. The van der Waals surface area contributed by atoms with Crippen LogP contribution in [0.15, 0.2) is 40.6 Å². The van der Waals surface area contributed by atoms with Crippen molar-refractivity contribution in [2.24, 2.45) is 15.7 Å². The summed E-state index contributed by atoms with van der Waals surface area (Å²) >= 11 is 0. The molecule has 0 atom stereocenters. The van der Waals surface area contributed by atoms with E-state index in [0.29, 0.717) is 55.5 Å². The number of aromatic nitrogens is 4. The first kappa shape index (κ1) is 24.8. The quantitative estimate of drug-likeness (QED) is 0.348. The van der Waals surface area contributed by atoms with Crippen LogP contribution in [-0.4, -0.2) is 96.6 Å². The summed E-state index contributed by atoms with van der Waals surface area (Å²) in [7, 11) is 4.06. The van der Waals surface area contributed by atoms with Crippen molar-refractivity contribution in [1.82, 2.24) is 24.6 Å². The smallest absolute Gasteiger partial charge is 0.251 e. The van der Waals surface area contributed by atoms with Crippen LogP contribution in [0.1, 0.15) is 12.0 Å². The lowest BCUT2D eigenvalue weighted by atomic mass is 10.1. The average molecular weight is 482 g/mol. The zero-order valence-electron chi connectivity index (χ0n) is 20.3. The molecule has 3 aromatic rings. The van der Waals surface area contributed by atoms with Gasteiger partial charge in [0.25, 0.3) is 5.95 Å². The lowest BCUT2D eigenvalue weighted by Gasteiger charge is -2.29. The van der Waals surface area contributed by atoms with Crippen LogP contribution in [0.25, 0.3) is 11.0 Å². The Morgan fingerprint density at radius 3 is 2.86 bits per heavy atom. The van der Waals surface area contributed by atoms with Gasteiger partial charge in [-0.05, 0) is 33.1 Å². The molecule has 11 heteroatoms. The summed E-state index contributed by atoms with van der Waals surface area (Å²) in [4.78, 5) is 21.8. The topological polar surface area (TPSA) is 110 Å². The maximum Gasteiger partial charge on any atom is 0.251 e. The van der Waals surface area contributed by atoms with Crippen molar-refractivity contribution in [1.29, 1.82) is 0 Å². The van der Waals surface area contributed by atoms with Crippen LogP contribution in [0.4, 0.5) is 16.0 Å². The van der Waals surface area contributed by atoms with Gasteiger partial charge < -0.3 is 20.3 Å². The van der Waals surface area contributed by atoms with Crippen molar-refractivity contribution in [2.45, 2.75) is 13.0 Å². The third kappa shape index (κ3) is 6.44. The Balaban J connectivity index is 1.53. The molecule has 2 N–H and O–H groups in total. The molecule has 1 aromatic carbocycles. The van der Waals surface area contributed by atoms with Gasteiger partial charge in [0.15, 0.2) is 11.5 Å². The number of fused-ring (bicyclic) bond motifs is 1. The van der Waals surface area contributed by atoms with Crippen LogP contribution >= 0.6 is 0 Å². The fraction of sp³-hybridized carbons (Fsp3) is 0.458. The summed E-state index contributed by atoms with van der Waals surface area (Å²) in [6, 6.07) is 5.44. The summed E-state index contributed by atoms with van der Waals surface area (Å²) in [6.45, 7) is 4.65.